The Bertz CT molecular complexity index is 460. The normalized spacial score (nSPS) is 16.0. The lowest BCUT2D eigenvalue weighted by Gasteiger charge is -2.39. The Hall–Kier alpha value is -1.34. The average Bonchev–Trinajstić information content (AvgIpc) is 2.36. The van der Waals surface area contributed by atoms with Crippen molar-refractivity contribution in [3.8, 4) is 0 Å². The minimum atomic E-state index is -7.55. The number of carbonyl (C=O) groups is 1. The van der Waals surface area contributed by atoms with Crippen molar-refractivity contribution in [3.63, 3.8) is 0 Å². The molecule has 0 saturated heterocycles. The maximum Gasteiger partial charge on any atom is 0.460 e. The summed E-state index contributed by atoms with van der Waals surface area (Å²) in [6.07, 6.45) is -9.08. The van der Waals surface area contributed by atoms with E-state index in [0.29, 0.717) is 0 Å². The summed E-state index contributed by atoms with van der Waals surface area (Å²) in [5, 5.41) is 0. The number of hydrogen-bond donors (Lipinski definition) is 1. The Morgan fingerprint density at radius 2 is 1.29 bits per heavy atom. The first kappa shape index (κ1) is 22.7. The van der Waals surface area contributed by atoms with Crippen LogP contribution in [0.1, 0.15) is 13.3 Å². The van der Waals surface area contributed by atoms with Crippen molar-refractivity contribution in [2.45, 2.75) is 49.3 Å². The molecule has 0 aliphatic carbocycles. The molecule has 1 atom stereocenters. The van der Waals surface area contributed by atoms with Gasteiger partial charge in [0.05, 0.1) is 19.1 Å². The number of hydrogen-bond acceptors (Lipinski definition) is 3. The number of alkyl halides is 11. The van der Waals surface area contributed by atoms with Crippen LogP contribution in [-0.4, -0.2) is 48.5 Å². The maximum atomic E-state index is 13.3. The summed E-state index contributed by atoms with van der Waals surface area (Å²) in [7, 11) is 0. The molecule has 0 aromatic rings. The second-order valence-electron chi connectivity index (χ2n) is 4.46. The van der Waals surface area contributed by atoms with Crippen molar-refractivity contribution < 1.29 is 57.8 Å². The van der Waals surface area contributed by atoms with E-state index in [1.807, 2.05) is 0 Å². The van der Waals surface area contributed by atoms with E-state index in [2.05, 4.69) is 10.5 Å². The monoisotopic (exact) mass is 385 g/mol. The number of ether oxygens (including phenoxy) is 1. The molecular weight excluding hydrogens is 375 g/mol. The first-order valence-electron chi connectivity index (χ1n) is 5.87. The van der Waals surface area contributed by atoms with Gasteiger partial charge >= 0.3 is 35.8 Å². The third-order valence-corrected chi connectivity index (χ3v) is 2.72. The van der Waals surface area contributed by atoms with E-state index in [1.54, 1.807) is 0 Å². The van der Waals surface area contributed by atoms with Crippen LogP contribution < -0.4 is 5.73 Å². The van der Waals surface area contributed by atoms with Crippen LogP contribution in [-0.2, 0) is 9.53 Å². The van der Waals surface area contributed by atoms with Crippen LogP contribution in [0.25, 0.3) is 0 Å². The highest BCUT2D eigenvalue weighted by Crippen LogP contribution is 2.57. The summed E-state index contributed by atoms with van der Waals surface area (Å²) in [4.78, 5) is 10.8. The lowest BCUT2D eigenvalue weighted by Crippen LogP contribution is -2.69. The molecule has 0 aliphatic heterocycles. The fourth-order valence-corrected chi connectivity index (χ4v) is 1.34. The molecule has 0 radical (unpaired) electrons. The van der Waals surface area contributed by atoms with Gasteiger partial charge in [0.2, 0.25) is 0 Å². The van der Waals surface area contributed by atoms with Gasteiger partial charge in [-0.2, -0.15) is 48.3 Å². The standard InChI is InChI=1S/C10H10F11NO2/c1-2-24-5(23)3-4(22)6(11,12)7(13,14)8(15,16)9(17,18)10(19,20)21/h4H,2-3,22H2,1H3. The van der Waals surface area contributed by atoms with Crippen molar-refractivity contribution in [2.24, 2.45) is 5.73 Å². The predicted octanol–water partition coefficient (Wildman–Crippen LogP) is 3.37. The average molecular weight is 385 g/mol. The Morgan fingerprint density at radius 1 is 0.875 bits per heavy atom. The predicted molar refractivity (Wildman–Crippen MR) is 55.1 cm³/mol. The SMILES string of the molecule is CCOC(=O)CC(N)C(F)(F)C(F)(F)C(F)(F)C(F)(F)C(F)(F)F. The van der Waals surface area contributed by atoms with Crippen LogP contribution in [0.2, 0.25) is 0 Å². The van der Waals surface area contributed by atoms with Gasteiger partial charge in [0.1, 0.15) is 0 Å². The maximum absolute atomic E-state index is 13.3. The van der Waals surface area contributed by atoms with Gasteiger partial charge < -0.3 is 10.5 Å². The third kappa shape index (κ3) is 3.52. The van der Waals surface area contributed by atoms with Crippen LogP contribution in [0.3, 0.4) is 0 Å². The zero-order valence-corrected chi connectivity index (χ0v) is 11.5. The second kappa shape index (κ2) is 6.52. The third-order valence-electron chi connectivity index (χ3n) is 2.72. The lowest BCUT2D eigenvalue weighted by atomic mass is 9.92. The topological polar surface area (TPSA) is 52.3 Å². The molecule has 0 aliphatic rings. The molecular formula is C10H10F11NO2. The molecule has 0 saturated carbocycles. The lowest BCUT2D eigenvalue weighted by molar-refractivity contribution is -0.423. The molecule has 0 heterocycles. The van der Waals surface area contributed by atoms with Gasteiger partial charge in [-0.05, 0) is 6.92 Å². The van der Waals surface area contributed by atoms with Crippen molar-refractivity contribution in [2.75, 3.05) is 6.61 Å². The van der Waals surface area contributed by atoms with Crippen LogP contribution in [0.4, 0.5) is 48.3 Å². The minimum absolute atomic E-state index is 0.449. The molecule has 2 N–H and O–H groups in total. The summed E-state index contributed by atoms with van der Waals surface area (Å²) < 4.78 is 144. The van der Waals surface area contributed by atoms with Gasteiger partial charge in [0.15, 0.2) is 0 Å². The van der Waals surface area contributed by atoms with E-state index >= 15 is 0 Å². The molecule has 0 fully saturated rings. The quantitative estimate of drug-likeness (QED) is 0.540. The summed E-state index contributed by atoms with van der Waals surface area (Å²) in [5.74, 6) is -30.2. The Kier molecular flexibility index (Phi) is 6.15. The zero-order valence-electron chi connectivity index (χ0n) is 11.5. The molecule has 24 heavy (non-hydrogen) atoms. The second-order valence-corrected chi connectivity index (χ2v) is 4.46. The van der Waals surface area contributed by atoms with Crippen LogP contribution in [0, 0.1) is 0 Å². The number of halogens is 11. The zero-order chi connectivity index (χ0) is 19.8. The van der Waals surface area contributed by atoms with Gasteiger partial charge in [-0.1, -0.05) is 0 Å². The van der Waals surface area contributed by atoms with E-state index in [4.69, 9.17) is 0 Å². The molecule has 0 spiro atoms. The fraction of sp³-hybridized carbons (Fsp3) is 0.900. The summed E-state index contributed by atoms with van der Waals surface area (Å²) in [6.45, 7) is 0.698. The van der Waals surface area contributed by atoms with Gasteiger partial charge in [0, 0.05) is 0 Å². The van der Waals surface area contributed by atoms with E-state index in [-0.39, 0.29) is 0 Å². The summed E-state index contributed by atoms with van der Waals surface area (Å²) >= 11 is 0. The van der Waals surface area contributed by atoms with Gasteiger partial charge in [0.25, 0.3) is 0 Å². The fourth-order valence-electron chi connectivity index (χ4n) is 1.34. The van der Waals surface area contributed by atoms with Crippen molar-refractivity contribution in [1.82, 2.24) is 0 Å². The number of nitrogens with two attached hydrogens (primary N) is 1. The molecule has 0 amide bonds. The smallest absolute Gasteiger partial charge is 0.460 e. The Labute approximate surface area is 126 Å². The van der Waals surface area contributed by atoms with Crippen LogP contribution in [0.5, 0.6) is 0 Å². The molecule has 0 bridgehead atoms. The van der Waals surface area contributed by atoms with Gasteiger partial charge in [-0.25, -0.2) is 0 Å². The Balaban J connectivity index is 5.80. The van der Waals surface area contributed by atoms with Crippen molar-refractivity contribution in [1.29, 1.82) is 0 Å². The van der Waals surface area contributed by atoms with Gasteiger partial charge in [-0.3, -0.25) is 4.79 Å². The van der Waals surface area contributed by atoms with E-state index in [1.165, 1.54) is 0 Å². The highest BCUT2D eigenvalue weighted by Gasteiger charge is 2.87. The van der Waals surface area contributed by atoms with Crippen LogP contribution in [0.15, 0.2) is 0 Å². The minimum Gasteiger partial charge on any atom is -0.466 e. The molecule has 1 unspecified atom stereocenters. The molecule has 3 nitrogen and oxygen atoms in total. The van der Waals surface area contributed by atoms with Crippen molar-refractivity contribution in [3.05, 3.63) is 0 Å². The molecule has 0 rings (SSSR count). The van der Waals surface area contributed by atoms with E-state index in [9.17, 15) is 53.1 Å². The van der Waals surface area contributed by atoms with E-state index in [0.717, 1.165) is 6.92 Å². The van der Waals surface area contributed by atoms with Crippen molar-refractivity contribution >= 4 is 5.97 Å². The number of esters is 1. The largest absolute Gasteiger partial charge is 0.466 e. The highest BCUT2D eigenvalue weighted by atomic mass is 19.4. The first-order chi connectivity index (χ1) is 10.4. The summed E-state index contributed by atoms with van der Waals surface area (Å²) in [5.41, 5.74) is 4.43. The molecule has 0 aromatic heterocycles. The van der Waals surface area contributed by atoms with E-state index < -0.39 is 54.9 Å². The molecule has 0 aromatic carbocycles. The first-order valence-corrected chi connectivity index (χ1v) is 5.87. The molecule has 144 valence electrons. The highest BCUT2D eigenvalue weighted by molar-refractivity contribution is 5.70. The number of carbonyl (C=O) groups excluding carboxylic acids is 1. The van der Waals surface area contributed by atoms with Gasteiger partial charge in [-0.15, -0.1) is 0 Å². The number of rotatable bonds is 7. The summed E-state index contributed by atoms with van der Waals surface area (Å²) in [6, 6.07) is -3.51. The Morgan fingerprint density at radius 3 is 1.62 bits per heavy atom. The van der Waals surface area contributed by atoms with Crippen LogP contribution >= 0.6 is 0 Å². The molecule has 14 heteroatoms.